The van der Waals surface area contributed by atoms with Gasteiger partial charge in [-0.2, -0.15) is 0 Å². The quantitative estimate of drug-likeness (QED) is 0.481. The SMILES string of the molecule is CCC1CCN(c2ncc(C(=O)OC)cc2[N+](=O)[O-])CC1. The molecule has 114 valence electrons. The number of nitrogens with zero attached hydrogens (tertiary/aromatic N) is 3. The van der Waals surface area contributed by atoms with Gasteiger partial charge in [0.05, 0.1) is 17.6 Å². The van der Waals surface area contributed by atoms with Crippen molar-refractivity contribution in [1.82, 2.24) is 4.98 Å². The summed E-state index contributed by atoms with van der Waals surface area (Å²) in [4.78, 5) is 28.2. The smallest absolute Gasteiger partial charge is 0.339 e. The lowest BCUT2D eigenvalue weighted by Crippen LogP contribution is -2.34. The fourth-order valence-corrected chi connectivity index (χ4v) is 2.61. The van der Waals surface area contributed by atoms with Crippen LogP contribution in [0.25, 0.3) is 0 Å². The number of hydrogen-bond donors (Lipinski definition) is 0. The predicted octanol–water partition coefficient (Wildman–Crippen LogP) is 2.40. The molecule has 7 heteroatoms. The van der Waals surface area contributed by atoms with E-state index in [2.05, 4.69) is 16.6 Å². The van der Waals surface area contributed by atoms with Gasteiger partial charge in [-0.15, -0.1) is 0 Å². The highest BCUT2D eigenvalue weighted by molar-refractivity contribution is 5.90. The number of anilines is 1. The van der Waals surface area contributed by atoms with Crippen LogP contribution in [0, 0.1) is 16.0 Å². The highest BCUT2D eigenvalue weighted by Gasteiger charge is 2.27. The number of carbonyl (C=O) groups is 1. The first-order chi connectivity index (χ1) is 10.1. The van der Waals surface area contributed by atoms with Gasteiger partial charge >= 0.3 is 11.7 Å². The zero-order chi connectivity index (χ0) is 15.4. The molecule has 0 bridgehead atoms. The molecule has 21 heavy (non-hydrogen) atoms. The van der Waals surface area contributed by atoms with Crippen molar-refractivity contribution in [3.05, 3.63) is 27.9 Å². The fraction of sp³-hybridized carbons (Fsp3) is 0.571. The van der Waals surface area contributed by atoms with Crippen LogP contribution < -0.4 is 4.90 Å². The lowest BCUT2D eigenvalue weighted by atomic mass is 9.94. The summed E-state index contributed by atoms with van der Waals surface area (Å²) in [5.74, 6) is 0.388. The summed E-state index contributed by atoms with van der Waals surface area (Å²) >= 11 is 0. The lowest BCUT2D eigenvalue weighted by molar-refractivity contribution is -0.384. The molecule has 2 rings (SSSR count). The fourth-order valence-electron chi connectivity index (χ4n) is 2.61. The summed E-state index contributed by atoms with van der Waals surface area (Å²) in [7, 11) is 1.23. The third-order valence-corrected chi connectivity index (χ3v) is 3.96. The van der Waals surface area contributed by atoms with Crippen molar-refractivity contribution in [3.8, 4) is 0 Å². The van der Waals surface area contributed by atoms with Crippen LogP contribution in [0.1, 0.15) is 36.5 Å². The number of hydrogen-bond acceptors (Lipinski definition) is 6. The van der Waals surface area contributed by atoms with Gasteiger partial charge in [0, 0.05) is 25.4 Å². The molecular weight excluding hydrogens is 274 g/mol. The Morgan fingerprint density at radius 1 is 1.52 bits per heavy atom. The minimum absolute atomic E-state index is 0.0939. The third-order valence-electron chi connectivity index (χ3n) is 3.96. The molecule has 0 aliphatic carbocycles. The molecule has 0 radical (unpaired) electrons. The van der Waals surface area contributed by atoms with Gasteiger partial charge in [0.25, 0.3) is 0 Å². The predicted molar refractivity (Wildman–Crippen MR) is 77.5 cm³/mol. The first kappa shape index (κ1) is 15.2. The molecule has 1 aliphatic heterocycles. The van der Waals surface area contributed by atoms with E-state index in [0.29, 0.717) is 11.7 Å². The summed E-state index contributed by atoms with van der Waals surface area (Å²) < 4.78 is 4.57. The maximum absolute atomic E-state index is 11.5. The lowest BCUT2D eigenvalue weighted by Gasteiger charge is -2.31. The van der Waals surface area contributed by atoms with Crippen molar-refractivity contribution in [2.75, 3.05) is 25.1 Å². The Bertz CT molecular complexity index is 539. The molecule has 7 nitrogen and oxygen atoms in total. The molecule has 0 spiro atoms. The monoisotopic (exact) mass is 293 g/mol. The highest BCUT2D eigenvalue weighted by atomic mass is 16.6. The summed E-state index contributed by atoms with van der Waals surface area (Å²) in [6.45, 7) is 3.67. The molecule has 0 amide bonds. The van der Waals surface area contributed by atoms with E-state index in [-0.39, 0.29) is 11.3 Å². The second-order valence-electron chi connectivity index (χ2n) is 5.15. The second-order valence-corrected chi connectivity index (χ2v) is 5.15. The molecule has 1 aromatic rings. The van der Waals surface area contributed by atoms with Gasteiger partial charge in [-0.05, 0) is 18.8 Å². The minimum atomic E-state index is -0.623. The number of nitro groups is 1. The summed E-state index contributed by atoms with van der Waals surface area (Å²) in [6, 6.07) is 1.24. The van der Waals surface area contributed by atoms with Gasteiger partial charge in [-0.1, -0.05) is 13.3 Å². The van der Waals surface area contributed by atoms with E-state index in [4.69, 9.17) is 0 Å². The van der Waals surface area contributed by atoms with Crippen molar-refractivity contribution < 1.29 is 14.5 Å². The molecular formula is C14H19N3O4. The topological polar surface area (TPSA) is 85.6 Å². The Kier molecular flexibility index (Phi) is 4.72. The van der Waals surface area contributed by atoms with Crippen LogP contribution in [0.3, 0.4) is 0 Å². The largest absolute Gasteiger partial charge is 0.465 e. The van der Waals surface area contributed by atoms with Gasteiger partial charge in [-0.3, -0.25) is 10.1 Å². The summed E-state index contributed by atoms with van der Waals surface area (Å²) in [6.07, 6.45) is 4.48. The maximum Gasteiger partial charge on any atom is 0.339 e. The number of carbonyl (C=O) groups excluding carboxylic acids is 1. The third kappa shape index (κ3) is 3.29. The van der Waals surface area contributed by atoms with Gasteiger partial charge in [-0.25, -0.2) is 9.78 Å². The molecule has 0 unspecified atom stereocenters. The molecule has 0 N–H and O–H groups in total. The van der Waals surface area contributed by atoms with Gasteiger partial charge in [0.2, 0.25) is 5.82 Å². The highest BCUT2D eigenvalue weighted by Crippen LogP contribution is 2.31. The average molecular weight is 293 g/mol. The van der Waals surface area contributed by atoms with Crippen molar-refractivity contribution in [2.24, 2.45) is 5.92 Å². The van der Waals surface area contributed by atoms with Crippen molar-refractivity contribution in [3.63, 3.8) is 0 Å². The van der Waals surface area contributed by atoms with Crippen LogP contribution >= 0.6 is 0 Å². The van der Waals surface area contributed by atoms with Crippen LogP contribution in [0.2, 0.25) is 0 Å². The minimum Gasteiger partial charge on any atom is -0.465 e. The number of aromatic nitrogens is 1. The molecule has 1 aliphatic rings. The number of piperidine rings is 1. The number of rotatable bonds is 4. The van der Waals surface area contributed by atoms with Crippen LogP contribution in [-0.2, 0) is 4.74 Å². The Labute approximate surface area is 123 Å². The number of esters is 1. The molecule has 2 heterocycles. The molecule has 0 aromatic carbocycles. The van der Waals surface area contributed by atoms with E-state index in [1.54, 1.807) is 0 Å². The van der Waals surface area contributed by atoms with Crippen LogP contribution in [0.4, 0.5) is 11.5 Å². The number of methoxy groups -OCH3 is 1. The number of ether oxygens (including phenoxy) is 1. The van der Waals surface area contributed by atoms with Crippen molar-refractivity contribution >= 4 is 17.5 Å². The van der Waals surface area contributed by atoms with Crippen molar-refractivity contribution in [1.29, 1.82) is 0 Å². The normalized spacial score (nSPS) is 15.8. The first-order valence-electron chi connectivity index (χ1n) is 7.04. The summed E-state index contributed by atoms with van der Waals surface area (Å²) in [5.41, 5.74) is -0.0516. The molecule has 0 saturated carbocycles. The Morgan fingerprint density at radius 2 is 2.19 bits per heavy atom. The van der Waals surface area contributed by atoms with E-state index >= 15 is 0 Å². The zero-order valence-corrected chi connectivity index (χ0v) is 12.2. The maximum atomic E-state index is 11.5. The molecule has 1 saturated heterocycles. The van der Waals surface area contributed by atoms with E-state index in [1.165, 1.54) is 19.4 Å². The van der Waals surface area contributed by atoms with Gasteiger partial charge in [0.15, 0.2) is 0 Å². The van der Waals surface area contributed by atoms with Gasteiger partial charge in [0.1, 0.15) is 0 Å². The zero-order valence-electron chi connectivity index (χ0n) is 12.2. The molecule has 1 aromatic heterocycles. The Balaban J connectivity index is 2.27. The van der Waals surface area contributed by atoms with Crippen LogP contribution in [-0.4, -0.2) is 36.1 Å². The van der Waals surface area contributed by atoms with E-state index < -0.39 is 10.9 Å². The Morgan fingerprint density at radius 3 is 2.71 bits per heavy atom. The Hall–Kier alpha value is -2.18. The number of pyridine rings is 1. The van der Waals surface area contributed by atoms with Crippen molar-refractivity contribution in [2.45, 2.75) is 26.2 Å². The molecule has 0 atom stereocenters. The van der Waals surface area contributed by atoms with Crippen LogP contribution in [0.5, 0.6) is 0 Å². The van der Waals surface area contributed by atoms with Crippen LogP contribution in [0.15, 0.2) is 12.3 Å². The van der Waals surface area contributed by atoms with E-state index in [1.807, 2.05) is 4.90 Å². The first-order valence-corrected chi connectivity index (χ1v) is 7.04. The standard InChI is InChI=1S/C14H19N3O4/c1-3-10-4-6-16(7-5-10)13-12(17(19)20)8-11(9-15-13)14(18)21-2/h8-10H,3-7H2,1-2H3. The van der Waals surface area contributed by atoms with E-state index in [0.717, 1.165) is 32.4 Å². The molecule has 1 fully saturated rings. The second kappa shape index (κ2) is 6.51. The summed E-state index contributed by atoms with van der Waals surface area (Å²) in [5, 5.41) is 11.2. The average Bonchev–Trinajstić information content (AvgIpc) is 2.53. The van der Waals surface area contributed by atoms with Gasteiger partial charge < -0.3 is 9.64 Å². The van der Waals surface area contributed by atoms with E-state index in [9.17, 15) is 14.9 Å².